The van der Waals surface area contributed by atoms with Crippen LogP contribution in [0.25, 0.3) is 10.9 Å². The predicted octanol–water partition coefficient (Wildman–Crippen LogP) is 3.38. The van der Waals surface area contributed by atoms with Crippen molar-refractivity contribution in [3.63, 3.8) is 0 Å². The zero-order valence-electron chi connectivity index (χ0n) is 17.3. The molecular weight excluding hydrogens is 360 g/mol. The van der Waals surface area contributed by atoms with Gasteiger partial charge in [-0.2, -0.15) is 0 Å². The average molecular weight is 391 g/mol. The Balaban J connectivity index is 1.35. The number of hydrogen-bond donors (Lipinski definition) is 1. The van der Waals surface area contributed by atoms with Gasteiger partial charge in [0.05, 0.1) is 5.52 Å². The van der Waals surface area contributed by atoms with Crippen LogP contribution >= 0.6 is 0 Å². The van der Waals surface area contributed by atoms with Crippen molar-refractivity contribution in [3.05, 3.63) is 41.6 Å². The summed E-state index contributed by atoms with van der Waals surface area (Å²) < 4.78 is 0. The molecule has 29 heavy (non-hydrogen) atoms. The highest BCUT2D eigenvalue weighted by Gasteiger charge is 2.55. The van der Waals surface area contributed by atoms with Crippen LogP contribution in [0.15, 0.2) is 30.5 Å². The maximum atomic E-state index is 13.1. The van der Waals surface area contributed by atoms with Crippen LogP contribution in [-0.4, -0.2) is 60.1 Å². The van der Waals surface area contributed by atoms with E-state index in [1.54, 1.807) is 6.20 Å². The Hall–Kier alpha value is -2.27. The quantitative estimate of drug-likeness (QED) is 0.814. The number of rotatable bonds is 4. The van der Waals surface area contributed by atoms with E-state index in [4.69, 9.17) is 5.41 Å². The fourth-order valence-electron chi connectivity index (χ4n) is 5.96. The summed E-state index contributed by atoms with van der Waals surface area (Å²) in [6.07, 6.45) is 5.00. The van der Waals surface area contributed by atoms with Crippen molar-refractivity contribution in [3.8, 4) is 0 Å². The number of carbonyl (C=O) groups is 1. The first-order valence-electron chi connectivity index (χ1n) is 10.9. The number of likely N-dealkylation sites (tertiary alicyclic amines) is 2. The van der Waals surface area contributed by atoms with Gasteiger partial charge in [-0.1, -0.05) is 25.1 Å². The number of pyridine rings is 1. The smallest absolute Gasteiger partial charge is 0.222 e. The third-order valence-electron chi connectivity index (χ3n) is 7.41. The normalized spacial score (nSPS) is 31.7. The number of amides is 1. The first-order valence-corrected chi connectivity index (χ1v) is 10.9. The fraction of sp³-hybridized carbons (Fsp3) is 0.542. The maximum Gasteiger partial charge on any atom is 0.222 e. The van der Waals surface area contributed by atoms with Crippen molar-refractivity contribution in [2.75, 3.05) is 33.2 Å². The zero-order valence-corrected chi connectivity index (χ0v) is 17.3. The summed E-state index contributed by atoms with van der Waals surface area (Å²) in [6.45, 7) is 6.28. The Morgan fingerprint density at radius 1 is 1.21 bits per heavy atom. The van der Waals surface area contributed by atoms with Crippen molar-refractivity contribution in [1.29, 1.82) is 5.41 Å². The van der Waals surface area contributed by atoms with Gasteiger partial charge in [0.2, 0.25) is 5.91 Å². The first-order chi connectivity index (χ1) is 14.0. The van der Waals surface area contributed by atoms with E-state index >= 15 is 0 Å². The van der Waals surface area contributed by atoms with E-state index < -0.39 is 0 Å². The molecule has 152 valence electrons. The molecule has 0 radical (unpaired) electrons. The van der Waals surface area contributed by atoms with Gasteiger partial charge in [-0.25, -0.2) is 0 Å². The lowest BCUT2D eigenvalue weighted by molar-refractivity contribution is -0.133. The Morgan fingerprint density at radius 2 is 2.00 bits per heavy atom. The van der Waals surface area contributed by atoms with E-state index in [-0.39, 0.29) is 0 Å². The summed E-state index contributed by atoms with van der Waals surface area (Å²) >= 11 is 0. The minimum absolute atomic E-state index is 0.332. The average Bonchev–Trinajstić information content (AvgIpc) is 3.17. The van der Waals surface area contributed by atoms with Gasteiger partial charge in [0.1, 0.15) is 0 Å². The van der Waals surface area contributed by atoms with Crippen LogP contribution in [0.3, 0.4) is 0 Å². The van der Waals surface area contributed by atoms with Gasteiger partial charge in [0.25, 0.3) is 0 Å². The predicted molar refractivity (Wildman–Crippen MR) is 115 cm³/mol. The van der Waals surface area contributed by atoms with Gasteiger partial charge in [0.15, 0.2) is 0 Å². The molecule has 5 nitrogen and oxygen atoms in total. The highest BCUT2D eigenvalue weighted by Crippen LogP contribution is 2.53. The molecule has 3 aliphatic rings. The highest BCUT2D eigenvalue weighted by atomic mass is 16.2. The van der Waals surface area contributed by atoms with Gasteiger partial charge in [-0.15, -0.1) is 0 Å². The molecule has 0 bridgehead atoms. The molecule has 1 saturated carbocycles. The third-order valence-corrected chi connectivity index (χ3v) is 7.41. The number of nitrogens with one attached hydrogen (secondary N) is 1. The zero-order chi connectivity index (χ0) is 20.1. The molecule has 1 amide bonds. The molecule has 1 N–H and O–H groups in total. The molecule has 2 aromatic rings. The number of nitrogens with zero attached hydrogens (tertiary/aromatic N) is 3. The summed E-state index contributed by atoms with van der Waals surface area (Å²) in [5, 5.41) is 8.80. The van der Waals surface area contributed by atoms with Crippen LogP contribution in [0.2, 0.25) is 0 Å². The first kappa shape index (κ1) is 18.7. The summed E-state index contributed by atoms with van der Waals surface area (Å²) in [6, 6.07) is 8.23. The van der Waals surface area contributed by atoms with Gasteiger partial charge in [-0.3, -0.25) is 9.78 Å². The minimum atomic E-state index is 0.332. The molecule has 2 aliphatic heterocycles. The van der Waals surface area contributed by atoms with E-state index in [0.29, 0.717) is 23.7 Å². The second kappa shape index (κ2) is 7.21. The summed E-state index contributed by atoms with van der Waals surface area (Å²) in [5.74, 6) is 3.31. The molecule has 5 heteroatoms. The molecule has 2 saturated heterocycles. The van der Waals surface area contributed by atoms with Gasteiger partial charge in [-0.05, 0) is 48.8 Å². The summed E-state index contributed by atoms with van der Waals surface area (Å²) in [5.41, 5.74) is 3.02. The molecule has 3 heterocycles. The third kappa shape index (κ3) is 3.35. The molecule has 1 aromatic heterocycles. The van der Waals surface area contributed by atoms with E-state index in [1.165, 1.54) is 24.9 Å². The van der Waals surface area contributed by atoms with Crippen molar-refractivity contribution >= 4 is 23.0 Å². The number of piperidine rings is 2. The summed E-state index contributed by atoms with van der Waals surface area (Å²) in [4.78, 5) is 22.2. The van der Waals surface area contributed by atoms with Crippen LogP contribution in [-0.2, 0) is 4.79 Å². The Labute approximate surface area is 172 Å². The number of carbonyl (C=O) groups excluding carboxylic acids is 1. The van der Waals surface area contributed by atoms with Gasteiger partial charge in [0, 0.05) is 61.9 Å². The van der Waals surface area contributed by atoms with Crippen LogP contribution in [0.4, 0.5) is 0 Å². The molecule has 1 aromatic carbocycles. The molecule has 0 spiro atoms. The molecule has 5 atom stereocenters. The van der Waals surface area contributed by atoms with E-state index in [9.17, 15) is 4.79 Å². The van der Waals surface area contributed by atoms with E-state index in [0.717, 1.165) is 54.2 Å². The Morgan fingerprint density at radius 3 is 2.76 bits per heavy atom. The van der Waals surface area contributed by atoms with Crippen molar-refractivity contribution in [2.24, 2.45) is 23.7 Å². The topological polar surface area (TPSA) is 60.3 Å². The monoisotopic (exact) mass is 390 g/mol. The number of hydrogen-bond acceptors (Lipinski definition) is 4. The lowest BCUT2D eigenvalue weighted by Crippen LogP contribution is -2.43. The lowest BCUT2D eigenvalue weighted by Gasteiger charge is -2.37. The van der Waals surface area contributed by atoms with E-state index in [2.05, 4.69) is 40.9 Å². The van der Waals surface area contributed by atoms with Crippen LogP contribution < -0.4 is 0 Å². The molecular formula is C24H30N4O. The molecule has 1 aliphatic carbocycles. The van der Waals surface area contributed by atoms with Crippen LogP contribution in [0, 0.1) is 29.1 Å². The maximum absolute atomic E-state index is 13.1. The Bertz CT molecular complexity index is 945. The summed E-state index contributed by atoms with van der Waals surface area (Å²) in [7, 11) is 2.19. The van der Waals surface area contributed by atoms with Gasteiger partial charge < -0.3 is 15.2 Å². The van der Waals surface area contributed by atoms with Crippen molar-refractivity contribution in [1.82, 2.24) is 14.8 Å². The SMILES string of the molecule is C[C@@H]1C[C@@H](c2ccc(C=N)c3ncccc23)CN(C(=O)CC2[C@H]3CN(C)C[C@@H]23)C1. The second-order valence-electron chi connectivity index (χ2n) is 9.54. The van der Waals surface area contributed by atoms with Crippen molar-refractivity contribution < 1.29 is 4.79 Å². The van der Waals surface area contributed by atoms with Gasteiger partial charge >= 0.3 is 0 Å². The largest absolute Gasteiger partial charge is 0.342 e. The fourth-order valence-corrected chi connectivity index (χ4v) is 5.96. The highest BCUT2D eigenvalue weighted by molar-refractivity contribution is 5.98. The van der Waals surface area contributed by atoms with Crippen LogP contribution in [0.5, 0.6) is 0 Å². The van der Waals surface area contributed by atoms with Crippen LogP contribution in [0.1, 0.15) is 36.8 Å². The van der Waals surface area contributed by atoms with Crippen molar-refractivity contribution in [2.45, 2.75) is 25.7 Å². The Kier molecular flexibility index (Phi) is 4.66. The van der Waals surface area contributed by atoms with E-state index in [1.807, 2.05) is 12.1 Å². The standard InChI is InChI=1S/C24H30N4O/c1-15-8-17(18-6-5-16(10-25)24-19(18)4-3-7-26-24)12-28(11-15)23(29)9-20-21-13-27(2)14-22(20)21/h3-7,10,15,17,20-22,25H,8-9,11-14H2,1-2H3/t15-,17-,20?,21-,22+/m1/s1. The second-order valence-corrected chi connectivity index (χ2v) is 9.54. The number of benzene rings is 1. The number of aromatic nitrogens is 1. The number of fused-ring (bicyclic) bond motifs is 2. The minimum Gasteiger partial charge on any atom is -0.342 e. The molecule has 3 fully saturated rings. The molecule has 1 unspecified atom stereocenters. The molecule has 5 rings (SSSR count). The lowest BCUT2D eigenvalue weighted by atomic mass is 9.83.